The van der Waals surface area contributed by atoms with Crippen molar-refractivity contribution in [2.45, 2.75) is 12.5 Å². The van der Waals surface area contributed by atoms with Crippen LogP contribution in [0.5, 0.6) is 0 Å². The molecule has 6 nitrogen and oxygen atoms in total. The van der Waals surface area contributed by atoms with Gasteiger partial charge in [-0.05, 0) is 23.8 Å². The van der Waals surface area contributed by atoms with Crippen molar-refractivity contribution in [2.24, 2.45) is 0 Å². The fourth-order valence-electron chi connectivity index (χ4n) is 2.39. The number of amides is 1. The van der Waals surface area contributed by atoms with Crippen LogP contribution in [-0.2, 0) is 11.2 Å². The Kier molecular flexibility index (Phi) is 4.90. The summed E-state index contributed by atoms with van der Waals surface area (Å²) in [6.45, 7) is 0. The van der Waals surface area contributed by atoms with Crippen LogP contribution in [-0.4, -0.2) is 33.0 Å². The number of benzene rings is 1. The second kappa shape index (κ2) is 7.27. The standard InChI is InChI=1S/C18H14ClN3O3/c19-16-8-5-11(10-20-16)9-15(18(24)25)22-17(23)14-7-6-12-3-1-2-4-13(12)21-14/h1-8,10,15H,9H2,(H,22,23)(H,24,25)/t15-/m1/s1. The Hall–Kier alpha value is -2.99. The van der Waals surface area contributed by atoms with Crippen LogP contribution < -0.4 is 5.32 Å². The number of para-hydroxylation sites is 1. The second-order valence-corrected chi connectivity index (χ2v) is 5.83. The fourth-order valence-corrected chi connectivity index (χ4v) is 2.50. The Balaban J connectivity index is 1.77. The number of carbonyl (C=O) groups excluding carboxylic acids is 1. The van der Waals surface area contributed by atoms with E-state index in [0.717, 1.165) is 5.39 Å². The van der Waals surface area contributed by atoms with Gasteiger partial charge >= 0.3 is 5.97 Å². The van der Waals surface area contributed by atoms with E-state index in [-0.39, 0.29) is 12.1 Å². The summed E-state index contributed by atoms with van der Waals surface area (Å²) in [5, 5.41) is 13.1. The molecule has 0 fully saturated rings. The predicted molar refractivity (Wildman–Crippen MR) is 93.6 cm³/mol. The number of aromatic nitrogens is 2. The molecule has 0 radical (unpaired) electrons. The van der Waals surface area contributed by atoms with E-state index >= 15 is 0 Å². The minimum atomic E-state index is -1.14. The van der Waals surface area contributed by atoms with Gasteiger partial charge in [0.1, 0.15) is 16.9 Å². The quantitative estimate of drug-likeness (QED) is 0.686. The van der Waals surface area contributed by atoms with E-state index in [4.69, 9.17) is 11.6 Å². The number of hydrogen-bond acceptors (Lipinski definition) is 4. The summed E-state index contributed by atoms with van der Waals surface area (Å²) < 4.78 is 0. The van der Waals surface area contributed by atoms with Crippen LogP contribution in [0.15, 0.2) is 54.7 Å². The number of aliphatic carboxylic acids is 1. The summed E-state index contributed by atoms with van der Waals surface area (Å²) in [6, 6.07) is 12.9. The maximum absolute atomic E-state index is 12.4. The number of hydrogen-bond donors (Lipinski definition) is 2. The molecule has 1 amide bonds. The van der Waals surface area contributed by atoms with Crippen LogP contribution in [0.4, 0.5) is 0 Å². The lowest BCUT2D eigenvalue weighted by atomic mass is 10.1. The molecule has 1 atom stereocenters. The zero-order valence-electron chi connectivity index (χ0n) is 13.0. The van der Waals surface area contributed by atoms with Gasteiger partial charge in [0.25, 0.3) is 5.91 Å². The second-order valence-electron chi connectivity index (χ2n) is 5.45. The summed E-state index contributed by atoms with van der Waals surface area (Å²) in [5.74, 6) is -1.68. The molecule has 7 heteroatoms. The first-order valence-corrected chi connectivity index (χ1v) is 7.90. The van der Waals surface area contributed by atoms with E-state index in [1.54, 1.807) is 30.3 Å². The molecule has 1 aromatic carbocycles. The number of halogens is 1. The molecule has 0 saturated heterocycles. The molecule has 0 spiro atoms. The summed E-state index contributed by atoms with van der Waals surface area (Å²) in [5.41, 5.74) is 1.49. The third kappa shape index (κ3) is 4.10. The first-order valence-electron chi connectivity index (χ1n) is 7.53. The highest BCUT2D eigenvalue weighted by atomic mass is 35.5. The normalized spacial score (nSPS) is 11.9. The molecule has 0 aliphatic heterocycles. The lowest BCUT2D eigenvalue weighted by Gasteiger charge is -2.14. The molecule has 3 aromatic rings. The molecular weight excluding hydrogens is 342 g/mol. The maximum Gasteiger partial charge on any atom is 0.326 e. The SMILES string of the molecule is O=C(N[C@H](Cc1ccc(Cl)nc1)C(=O)O)c1ccc2ccccc2n1. The van der Waals surface area contributed by atoms with Crippen LogP contribution in [0.3, 0.4) is 0 Å². The molecule has 0 aliphatic carbocycles. The van der Waals surface area contributed by atoms with Gasteiger partial charge in [-0.2, -0.15) is 0 Å². The van der Waals surface area contributed by atoms with E-state index in [0.29, 0.717) is 16.2 Å². The molecule has 25 heavy (non-hydrogen) atoms. The van der Waals surface area contributed by atoms with Crippen molar-refractivity contribution >= 4 is 34.4 Å². The molecule has 0 aliphatic rings. The molecule has 126 valence electrons. The smallest absolute Gasteiger partial charge is 0.326 e. The van der Waals surface area contributed by atoms with Gasteiger partial charge in [0.2, 0.25) is 0 Å². The van der Waals surface area contributed by atoms with Gasteiger partial charge in [0, 0.05) is 18.0 Å². The largest absolute Gasteiger partial charge is 0.480 e. The van der Waals surface area contributed by atoms with Crippen LogP contribution >= 0.6 is 11.6 Å². The van der Waals surface area contributed by atoms with E-state index in [1.165, 1.54) is 6.20 Å². The number of nitrogens with one attached hydrogen (secondary N) is 1. The molecule has 2 heterocycles. The molecule has 0 unspecified atom stereocenters. The van der Waals surface area contributed by atoms with Gasteiger partial charge in [-0.15, -0.1) is 0 Å². The number of pyridine rings is 2. The van der Waals surface area contributed by atoms with Gasteiger partial charge in [0.05, 0.1) is 5.52 Å². The average Bonchev–Trinajstić information content (AvgIpc) is 2.62. The highest BCUT2D eigenvalue weighted by molar-refractivity contribution is 6.29. The van der Waals surface area contributed by atoms with Gasteiger partial charge in [-0.25, -0.2) is 14.8 Å². The number of carboxylic acid groups (broad SMARTS) is 1. The molecule has 2 aromatic heterocycles. The molecular formula is C18H14ClN3O3. The number of nitrogens with zero attached hydrogens (tertiary/aromatic N) is 2. The van der Waals surface area contributed by atoms with Gasteiger partial charge in [0.15, 0.2) is 0 Å². The van der Waals surface area contributed by atoms with Gasteiger partial charge in [-0.1, -0.05) is 41.9 Å². The average molecular weight is 356 g/mol. The van der Waals surface area contributed by atoms with Crippen LogP contribution in [0.2, 0.25) is 5.15 Å². The van der Waals surface area contributed by atoms with Crippen LogP contribution in [0, 0.1) is 0 Å². The third-order valence-corrected chi connectivity index (χ3v) is 3.89. The first kappa shape index (κ1) is 16.9. The Bertz CT molecular complexity index is 928. The van der Waals surface area contributed by atoms with Gasteiger partial charge < -0.3 is 10.4 Å². The summed E-state index contributed by atoms with van der Waals surface area (Å²) in [6.07, 6.45) is 1.58. The Morgan fingerprint density at radius 1 is 1.12 bits per heavy atom. The van der Waals surface area contributed by atoms with Crippen LogP contribution in [0.25, 0.3) is 10.9 Å². The van der Waals surface area contributed by atoms with Crippen molar-refractivity contribution in [1.29, 1.82) is 0 Å². The third-order valence-electron chi connectivity index (χ3n) is 3.66. The van der Waals surface area contributed by atoms with E-state index in [2.05, 4.69) is 15.3 Å². The van der Waals surface area contributed by atoms with Crippen molar-refractivity contribution in [3.05, 3.63) is 71.1 Å². The number of carbonyl (C=O) groups is 2. The van der Waals surface area contributed by atoms with Crippen LogP contribution in [0.1, 0.15) is 16.1 Å². The van der Waals surface area contributed by atoms with E-state index in [1.807, 2.05) is 18.2 Å². The number of rotatable bonds is 5. The lowest BCUT2D eigenvalue weighted by molar-refractivity contribution is -0.139. The zero-order valence-corrected chi connectivity index (χ0v) is 13.8. The summed E-state index contributed by atoms with van der Waals surface area (Å²) in [4.78, 5) is 32.0. The highest BCUT2D eigenvalue weighted by Gasteiger charge is 2.22. The minimum absolute atomic E-state index is 0.0961. The molecule has 0 bridgehead atoms. The van der Waals surface area contributed by atoms with Crippen molar-refractivity contribution in [1.82, 2.24) is 15.3 Å². The van der Waals surface area contributed by atoms with E-state index in [9.17, 15) is 14.7 Å². The highest BCUT2D eigenvalue weighted by Crippen LogP contribution is 2.12. The molecule has 3 rings (SSSR count). The Morgan fingerprint density at radius 2 is 1.92 bits per heavy atom. The minimum Gasteiger partial charge on any atom is -0.480 e. The zero-order chi connectivity index (χ0) is 17.8. The van der Waals surface area contributed by atoms with Crippen molar-refractivity contribution in [2.75, 3.05) is 0 Å². The first-order chi connectivity index (χ1) is 12.0. The topological polar surface area (TPSA) is 92.2 Å². The summed E-state index contributed by atoms with van der Waals surface area (Å²) >= 11 is 5.72. The number of fused-ring (bicyclic) bond motifs is 1. The van der Waals surface area contributed by atoms with Crippen molar-refractivity contribution in [3.8, 4) is 0 Å². The molecule has 0 saturated carbocycles. The maximum atomic E-state index is 12.4. The monoisotopic (exact) mass is 355 g/mol. The Morgan fingerprint density at radius 3 is 2.64 bits per heavy atom. The number of carboxylic acids is 1. The fraction of sp³-hybridized carbons (Fsp3) is 0.111. The Labute approximate surface area is 148 Å². The predicted octanol–water partition coefficient (Wildman–Crippen LogP) is 2.71. The van der Waals surface area contributed by atoms with E-state index < -0.39 is 17.9 Å². The molecule has 2 N–H and O–H groups in total. The van der Waals surface area contributed by atoms with Crippen molar-refractivity contribution in [3.63, 3.8) is 0 Å². The summed E-state index contributed by atoms with van der Waals surface area (Å²) in [7, 11) is 0. The van der Waals surface area contributed by atoms with Crippen molar-refractivity contribution < 1.29 is 14.7 Å². The van der Waals surface area contributed by atoms with Gasteiger partial charge in [-0.3, -0.25) is 4.79 Å². The lowest BCUT2D eigenvalue weighted by Crippen LogP contribution is -2.42.